The van der Waals surface area contributed by atoms with Crippen LogP contribution in [0.5, 0.6) is 11.6 Å². The standard InChI is InChI=1S/C15H14BrN3OS/c1-3-9-8-10-13(18-15(17-2)19-14(10)21-9)20-12-7-5-4-6-11(12)16/h4-8H,3H2,1-2H3,(H,17,18,19). The highest BCUT2D eigenvalue weighted by molar-refractivity contribution is 9.10. The minimum absolute atomic E-state index is 0.564. The van der Waals surface area contributed by atoms with Crippen molar-refractivity contribution in [2.45, 2.75) is 13.3 Å². The summed E-state index contributed by atoms with van der Waals surface area (Å²) in [5.41, 5.74) is 0. The fraction of sp³-hybridized carbons (Fsp3) is 0.200. The molecule has 1 aromatic carbocycles. The van der Waals surface area contributed by atoms with E-state index in [0.29, 0.717) is 11.8 Å². The third-order valence-electron chi connectivity index (χ3n) is 3.02. The lowest BCUT2D eigenvalue weighted by molar-refractivity contribution is 0.466. The molecule has 3 rings (SSSR count). The molecule has 0 fully saturated rings. The molecule has 0 saturated carbocycles. The first kappa shape index (κ1) is 14.3. The quantitative estimate of drug-likeness (QED) is 0.719. The smallest absolute Gasteiger partial charge is 0.232 e. The normalized spacial score (nSPS) is 10.8. The molecule has 0 aliphatic heterocycles. The number of aryl methyl sites for hydroxylation is 1. The summed E-state index contributed by atoms with van der Waals surface area (Å²) in [6.45, 7) is 2.13. The summed E-state index contributed by atoms with van der Waals surface area (Å²) in [6, 6.07) is 9.83. The molecule has 3 aromatic rings. The monoisotopic (exact) mass is 363 g/mol. The first-order valence-electron chi connectivity index (χ1n) is 6.62. The first-order valence-corrected chi connectivity index (χ1v) is 8.22. The molecule has 2 heterocycles. The Hall–Kier alpha value is -1.66. The predicted octanol–water partition coefficient (Wildman–Crippen LogP) is 4.85. The third-order valence-corrected chi connectivity index (χ3v) is 4.85. The molecule has 0 bridgehead atoms. The van der Waals surface area contributed by atoms with Crippen LogP contribution in [0.4, 0.5) is 5.95 Å². The fourth-order valence-electron chi connectivity index (χ4n) is 1.94. The van der Waals surface area contributed by atoms with E-state index in [2.05, 4.69) is 44.2 Å². The molecule has 1 N–H and O–H groups in total. The number of hydrogen-bond acceptors (Lipinski definition) is 5. The Bertz CT molecular complexity index is 788. The van der Waals surface area contributed by atoms with Crippen LogP contribution >= 0.6 is 27.3 Å². The predicted molar refractivity (Wildman–Crippen MR) is 90.6 cm³/mol. The summed E-state index contributed by atoms with van der Waals surface area (Å²) in [7, 11) is 1.80. The van der Waals surface area contributed by atoms with Gasteiger partial charge in [-0.15, -0.1) is 11.3 Å². The van der Waals surface area contributed by atoms with Crippen LogP contribution in [0, 0.1) is 0 Å². The number of nitrogens with one attached hydrogen (secondary N) is 1. The van der Waals surface area contributed by atoms with Crippen molar-refractivity contribution >= 4 is 43.4 Å². The number of halogens is 1. The van der Waals surface area contributed by atoms with Gasteiger partial charge in [0.05, 0.1) is 9.86 Å². The molecule has 108 valence electrons. The van der Waals surface area contributed by atoms with Crippen LogP contribution in [0.2, 0.25) is 0 Å². The second kappa shape index (κ2) is 5.99. The molecule has 0 unspecified atom stereocenters. The van der Waals surface area contributed by atoms with E-state index in [-0.39, 0.29) is 0 Å². The second-order valence-electron chi connectivity index (χ2n) is 4.42. The number of hydrogen-bond donors (Lipinski definition) is 1. The zero-order valence-corrected chi connectivity index (χ0v) is 14.1. The molecule has 0 atom stereocenters. The fourth-order valence-corrected chi connectivity index (χ4v) is 3.26. The van der Waals surface area contributed by atoms with Crippen molar-refractivity contribution in [1.82, 2.24) is 9.97 Å². The van der Waals surface area contributed by atoms with E-state index in [4.69, 9.17) is 4.74 Å². The average molecular weight is 364 g/mol. The van der Waals surface area contributed by atoms with Crippen LogP contribution < -0.4 is 10.1 Å². The molecule has 0 radical (unpaired) electrons. The molecule has 2 aromatic heterocycles. The van der Waals surface area contributed by atoms with Crippen LogP contribution in [0.1, 0.15) is 11.8 Å². The van der Waals surface area contributed by atoms with Gasteiger partial charge < -0.3 is 10.1 Å². The van der Waals surface area contributed by atoms with E-state index in [0.717, 1.165) is 26.9 Å². The van der Waals surface area contributed by atoms with Crippen molar-refractivity contribution in [2.75, 3.05) is 12.4 Å². The van der Waals surface area contributed by atoms with E-state index in [1.54, 1.807) is 18.4 Å². The zero-order chi connectivity index (χ0) is 14.8. The number of para-hydroxylation sites is 1. The Morgan fingerprint density at radius 3 is 2.81 bits per heavy atom. The van der Waals surface area contributed by atoms with E-state index >= 15 is 0 Å². The van der Waals surface area contributed by atoms with Crippen LogP contribution in [-0.2, 0) is 6.42 Å². The Kier molecular flexibility index (Phi) is 4.07. The largest absolute Gasteiger partial charge is 0.437 e. The van der Waals surface area contributed by atoms with Crippen LogP contribution in [0.3, 0.4) is 0 Å². The summed E-state index contributed by atoms with van der Waals surface area (Å²) in [5, 5.41) is 3.93. The number of aromatic nitrogens is 2. The molecular formula is C15H14BrN3OS. The molecular weight excluding hydrogens is 350 g/mol. The molecule has 4 nitrogen and oxygen atoms in total. The molecule has 6 heteroatoms. The molecule has 0 saturated heterocycles. The van der Waals surface area contributed by atoms with Gasteiger partial charge in [-0.3, -0.25) is 0 Å². The third kappa shape index (κ3) is 2.87. The van der Waals surface area contributed by atoms with Gasteiger partial charge in [0.15, 0.2) is 0 Å². The number of anilines is 1. The Morgan fingerprint density at radius 1 is 1.29 bits per heavy atom. The molecule has 0 spiro atoms. The van der Waals surface area contributed by atoms with Gasteiger partial charge in [0.2, 0.25) is 11.8 Å². The minimum atomic E-state index is 0.564. The highest BCUT2D eigenvalue weighted by atomic mass is 79.9. The number of benzene rings is 1. The topological polar surface area (TPSA) is 47.0 Å². The number of thiophene rings is 1. The van der Waals surface area contributed by atoms with Crippen molar-refractivity contribution in [3.05, 3.63) is 39.7 Å². The first-order chi connectivity index (χ1) is 10.2. The van der Waals surface area contributed by atoms with Crippen molar-refractivity contribution < 1.29 is 4.74 Å². The Morgan fingerprint density at radius 2 is 2.10 bits per heavy atom. The van der Waals surface area contributed by atoms with Crippen molar-refractivity contribution in [3.8, 4) is 11.6 Å². The number of nitrogens with zero attached hydrogens (tertiary/aromatic N) is 2. The highest BCUT2D eigenvalue weighted by Gasteiger charge is 2.13. The van der Waals surface area contributed by atoms with Gasteiger partial charge in [0.1, 0.15) is 10.6 Å². The maximum atomic E-state index is 5.99. The lowest BCUT2D eigenvalue weighted by Gasteiger charge is -2.08. The number of rotatable bonds is 4. The molecule has 21 heavy (non-hydrogen) atoms. The summed E-state index contributed by atoms with van der Waals surface area (Å²) in [4.78, 5) is 11.1. The van der Waals surface area contributed by atoms with Crippen molar-refractivity contribution in [1.29, 1.82) is 0 Å². The number of ether oxygens (including phenoxy) is 1. The van der Waals surface area contributed by atoms with Gasteiger partial charge in [-0.05, 0) is 40.5 Å². The summed E-state index contributed by atoms with van der Waals surface area (Å²) >= 11 is 5.16. The lowest BCUT2D eigenvalue weighted by Crippen LogP contribution is -1.98. The van der Waals surface area contributed by atoms with E-state index in [9.17, 15) is 0 Å². The molecule has 0 amide bonds. The van der Waals surface area contributed by atoms with Gasteiger partial charge in [-0.25, -0.2) is 4.98 Å². The zero-order valence-electron chi connectivity index (χ0n) is 11.7. The van der Waals surface area contributed by atoms with E-state index < -0.39 is 0 Å². The maximum Gasteiger partial charge on any atom is 0.232 e. The van der Waals surface area contributed by atoms with Crippen LogP contribution in [-0.4, -0.2) is 17.0 Å². The second-order valence-corrected chi connectivity index (χ2v) is 6.39. The molecule has 0 aliphatic rings. The van der Waals surface area contributed by atoms with Crippen molar-refractivity contribution in [2.24, 2.45) is 0 Å². The van der Waals surface area contributed by atoms with Crippen molar-refractivity contribution in [3.63, 3.8) is 0 Å². The van der Waals surface area contributed by atoms with Crippen LogP contribution in [0.15, 0.2) is 34.8 Å². The Balaban J connectivity index is 2.11. The maximum absolute atomic E-state index is 5.99. The Labute approximate surface area is 135 Å². The van der Waals surface area contributed by atoms with Gasteiger partial charge in [-0.1, -0.05) is 19.1 Å². The van der Waals surface area contributed by atoms with Gasteiger partial charge in [0, 0.05) is 11.9 Å². The molecule has 0 aliphatic carbocycles. The SMILES string of the molecule is CCc1cc2c(Oc3ccccc3Br)nc(NC)nc2s1. The summed E-state index contributed by atoms with van der Waals surface area (Å²) in [6.07, 6.45) is 0.977. The number of fused-ring (bicyclic) bond motifs is 1. The van der Waals surface area contributed by atoms with E-state index in [1.165, 1.54) is 4.88 Å². The summed E-state index contributed by atoms with van der Waals surface area (Å²) in [5.74, 6) is 1.88. The highest BCUT2D eigenvalue weighted by Crippen LogP contribution is 2.36. The van der Waals surface area contributed by atoms with Crippen LogP contribution in [0.25, 0.3) is 10.2 Å². The minimum Gasteiger partial charge on any atom is -0.437 e. The van der Waals surface area contributed by atoms with Gasteiger partial charge in [-0.2, -0.15) is 4.98 Å². The summed E-state index contributed by atoms with van der Waals surface area (Å²) < 4.78 is 6.89. The van der Waals surface area contributed by atoms with Gasteiger partial charge >= 0.3 is 0 Å². The lowest BCUT2D eigenvalue weighted by atomic mass is 10.3. The van der Waals surface area contributed by atoms with E-state index in [1.807, 2.05) is 24.3 Å². The van der Waals surface area contributed by atoms with Gasteiger partial charge in [0.25, 0.3) is 0 Å². The average Bonchev–Trinajstić information content (AvgIpc) is 2.92.